The number of carbonyl (C=O) groups is 2. The van der Waals surface area contributed by atoms with E-state index in [2.05, 4.69) is 4.57 Å². The van der Waals surface area contributed by atoms with Crippen molar-refractivity contribution in [3.05, 3.63) is 59.9 Å². The monoisotopic (exact) mass is 280 g/mol. The van der Waals surface area contributed by atoms with Crippen LogP contribution in [-0.2, 0) is 11.3 Å². The van der Waals surface area contributed by atoms with E-state index < -0.39 is 0 Å². The minimum Gasteiger partial charge on any atom is -0.348 e. The van der Waals surface area contributed by atoms with Crippen LogP contribution in [0.25, 0.3) is 0 Å². The molecule has 2 aliphatic rings. The molecule has 106 valence electrons. The van der Waals surface area contributed by atoms with Crippen molar-refractivity contribution in [1.29, 1.82) is 0 Å². The van der Waals surface area contributed by atoms with Crippen molar-refractivity contribution in [2.24, 2.45) is 5.92 Å². The van der Waals surface area contributed by atoms with Gasteiger partial charge in [0.15, 0.2) is 5.78 Å². The number of carbonyl (C=O) groups excluding carboxylic acids is 2. The van der Waals surface area contributed by atoms with Crippen molar-refractivity contribution in [3.8, 4) is 0 Å². The Morgan fingerprint density at radius 2 is 1.86 bits per heavy atom. The van der Waals surface area contributed by atoms with Crippen LogP contribution in [0.2, 0.25) is 0 Å². The van der Waals surface area contributed by atoms with Gasteiger partial charge in [-0.1, -0.05) is 30.3 Å². The largest absolute Gasteiger partial charge is 0.348 e. The molecule has 1 amide bonds. The molecule has 0 unspecified atom stereocenters. The molecule has 1 saturated heterocycles. The summed E-state index contributed by atoms with van der Waals surface area (Å²) >= 11 is 0. The first-order valence-electron chi connectivity index (χ1n) is 7.29. The van der Waals surface area contributed by atoms with Crippen LogP contribution in [-0.4, -0.2) is 27.7 Å². The second kappa shape index (κ2) is 4.58. The van der Waals surface area contributed by atoms with E-state index in [-0.39, 0.29) is 23.7 Å². The van der Waals surface area contributed by atoms with Gasteiger partial charge < -0.3 is 9.47 Å². The number of amides is 1. The number of hydrogen-bond donors (Lipinski definition) is 0. The molecule has 2 atom stereocenters. The molecule has 0 radical (unpaired) electrons. The summed E-state index contributed by atoms with van der Waals surface area (Å²) in [6.45, 7) is 1.51. The molecule has 2 aliphatic heterocycles. The van der Waals surface area contributed by atoms with Crippen molar-refractivity contribution in [2.75, 3.05) is 6.54 Å². The quantitative estimate of drug-likeness (QED) is 0.792. The predicted molar refractivity (Wildman–Crippen MR) is 77.8 cm³/mol. The number of fused-ring (bicyclic) bond motifs is 3. The van der Waals surface area contributed by atoms with Crippen molar-refractivity contribution < 1.29 is 9.59 Å². The van der Waals surface area contributed by atoms with Gasteiger partial charge in [-0.25, -0.2) is 0 Å². The summed E-state index contributed by atoms with van der Waals surface area (Å²) in [5, 5.41) is 0. The second-order valence-electron chi connectivity index (χ2n) is 5.70. The fraction of sp³-hybridized carbons (Fsp3) is 0.294. The molecule has 0 N–H and O–H groups in total. The number of nitrogens with zero attached hydrogens (tertiary/aromatic N) is 2. The summed E-state index contributed by atoms with van der Waals surface area (Å²) in [4.78, 5) is 26.9. The van der Waals surface area contributed by atoms with Gasteiger partial charge in [-0.05, 0) is 12.1 Å². The lowest BCUT2D eigenvalue weighted by molar-refractivity contribution is -0.129. The topological polar surface area (TPSA) is 42.3 Å². The molecule has 1 aromatic heterocycles. The van der Waals surface area contributed by atoms with Crippen molar-refractivity contribution in [3.63, 3.8) is 0 Å². The molecule has 0 bridgehead atoms. The number of rotatable bonds is 2. The second-order valence-corrected chi connectivity index (χ2v) is 5.70. The molecule has 0 aliphatic carbocycles. The van der Waals surface area contributed by atoms with Crippen LogP contribution in [0.3, 0.4) is 0 Å². The smallest absolute Gasteiger partial charge is 0.224 e. The Kier molecular flexibility index (Phi) is 2.70. The summed E-state index contributed by atoms with van der Waals surface area (Å²) in [5.74, 6) is -0.0957. The Morgan fingerprint density at radius 1 is 1.05 bits per heavy atom. The van der Waals surface area contributed by atoms with Gasteiger partial charge in [0.1, 0.15) is 0 Å². The van der Waals surface area contributed by atoms with Crippen LogP contribution in [0.1, 0.15) is 28.5 Å². The number of hydrogen-bond acceptors (Lipinski definition) is 2. The van der Waals surface area contributed by atoms with E-state index >= 15 is 0 Å². The Bertz CT molecular complexity index is 705. The third-order valence-corrected chi connectivity index (χ3v) is 4.58. The first-order valence-corrected chi connectivity index (χ1v) is 7.29. The van der Waals surface area contributed by atoms with Crippen LogP contribution in [0.5, 0.6) is 0 Å². The number of ketones is 1. The minimum atomic E-state index is -0.270. The Labute approximate surface area is 123 Å². The maximum Gasteiger partial charge on any atom is 0.224 e. The van der Waals surface area contributed by atoms with Gasteiger partial charge in [0.25, 0.3) is 0 Å². The average Bonchev–Trinajstić information content (AvgIpc) is 3.11. The van der Waals surface area contributed by atoms with E-state index in [0.29, 0.717) is 18.5 Å². The predicted octanol–water partition coefficient (Wildman–Crippen LogP) is 2.27. The summed E-state index contributed by atoms with van der Waals surface area (Å²) in [6, 6.07) is 13.2. The maximum atomic E-state index is 12.8. The van der Waals surface area contributed by atoms with Gasteiger partial charge in [-0.15, -0.1) is 0 Å². The number of Topliss-reactive ketones (excluding diaryl/α,β-unsaturated/α-hetero) is 1. The molecule has 4 rings (SSSR count). The molecule has 1 fully saturated rings. The van der Waals surface area contributed by atoms with Crippen LogP contribution in [0.15, 0.2) is 48.7 Å². The number of aromatic nitrogens is 1. The third-order valence-electron chi connectivity index (χ3n) is 4.58. The molecule has 4 heteroatoms. The molecule has 21 heavy (non-hydrogen) atoms. The Balaban J connectivity index is 1.74. The highest BCUT2D eigenvalue weighted by Crippen LogP contribution is 2.41. The molecule has 2 aromatic rings. The van der Waals surface area contributed by atoms with Crippen molar-refractivity contribution in [2.45, 2.75) is 19.0 Å². The molecule has 3 heterocycles. The van der Waals surface area contributed by atoms with Crippen molar-refractivity contribution in [1.82, 2.24) is 9.47 Å². The molecule has 1 aromatic carbocycles. The van der Waals surface area contributed by atoms with Gasteiger partial charge in [0, 0.05) is 37.0 Å². The summed E-state index contributed by atoms with van der Waals surface area (Å²) in [6.07, 6.45) is 2.35. The minimum absolute atomic E-state index is 0.0751. The van der Waals surface area contributed by atoms with Gasteiger partial charge in [0.2, 0.25) is 5.91 Å². The standard InChI is InChI=1S/C17H16N2O2/c20-15-11-13(17(21)12-5-2-1-3-6-12)16-14-7-4-8-18(14)9-10-19(15)16/h1-8,13,16H,9-11H2/t13-,16-/m0/s1. The molecular weight excluding hydrogens is 264 g/mol. The van der Waals surface area contributed by atoms with E-state index in [1.54, 1.807) is 0 Å². The van der Waals surface area contributed by atoms with E-state index in [1.165, 1.54) is 0 Å². The SMILES string of the molecule is O=C(c1ccccc1)[C@H]1CC(=O)N2CCn3cccc3[C@H]12. The van der Waals surface area contributed by atoms with Crippen molar-refractivity contribution >= 4 is 11.7 Å². The molecule has 4 nitrogen and oxygen atoms in total. The van der Waals surface area contributed by atoms with Crippen LogP contribution in [0.4, 0.5) is 0 Å². The fourth-order valence-corrected chi connectivity index (χ4v) is 3.59. The number of benzene rings is 1. The fourth-order valence-electron chi connectivity index (χ4n) is 3.59. The third kappa shape index (κ3) is 1.82. The van der Waals surface area contributed by atoms with E-state index in [0.717, 1.165) is 12.2 Å². The highest BCUT2D eigenvalue weighted by atomic mass is 16.2. The van der Waals surface area contributed by atoms with Gasteiger partial charge in [0.05, 0.1) is 12.0 Å². The lowest BCUT2D eigenvalue weighted by Crippen LogP contribution is -2.38. The average molecular weight is 280 g/mol. The molecule has 0 saturated carbocycles. The zero-order chi connectivity index (χ0) is 14.4. The lowest BCUT2D eigenvalue weighted by Gasteiger charge is -2.33. The highest BCUT2D eigenvalue weighted by Gasteiger charge is 2.46. The first-order chi connectivity index (χ1) is 10.3. The Morgan fingerprint density at radius 3 is 2.67 bits per heavy atom. The van der Waals surface area contributed by atoms with Gasteiger partial charge in [-0.3, -0.25) is 9.59 Å². The summed E-state index contributed by atoms with van der Waals surface area (Å²) in [5.41, 5.74) is 1.78. The van der Waals surface area contributed by atoms with Crippen LogP contribution < -0.4 is 0 Å². The van der Waals surface area contributed by atoms with Crippen LogP contribution >= 0.6 is 0 Å². The van der Waals surface area contributed by atoms with Crippen LogP contribution in [0, 0.1) is 5.92 Å². The highest BCUT2D eigenvalue weighted by molar-refractivity contribution is 6.02. The van der Waals surface area contributed by atoms with Gasteiger partial charge in [-0.2, -0.15) is 0 Å². The molecular formula is C17H16N2O2. The lowest BCUT2D eigenvalue weighted by atomic mass is 9.88. The van der Waals surface area contributed by atoms with E-state index in [4.69, 9.17) is 0 Å². The first kappa shape index (κ1) is 12.4. The van der Waals surface area contributed by atoms with Gasteiger partial charge >= 0.3 is 0 Å². The van der Waals surface area contributed by atoms with E-state index in [9.17, 15) is 9.59 Å². The zero-order valence-corrected chi connectivity index (χ0v) is 11.6. The summed E-state index contributed by atoms with van der Waals surface area (Å²) < 4.78 is 2.16. The Hall–Kier alpha value is -2.36. The summed E-state index contributed by atoms with van der Waals surface area (Å²) in [7, 11) is 0. The normalized spacial score (nSPS) is 23.8. The zero-order valence-electron chi connectivity index (χ0n) is 11.6. The molecule has 0 spiro atoms. The van der Waals surface area contributed by atoms with E-state index in [1.807, 2.05) is 53.6 Å². The maximum absolute atomic E-state index is 12.8.